The molecule has 0 aromatic carbocycles. The third kappa shape index (κ3) is 2.69. The molecule has 1 saturated heterocycles. The lowest BCUT2D eigenvalue weighted by Gasteiger charge is -2.37. The van der Waals surface area contributed by atoms with Gasteiger partial charge >= 0.3 is 0 Å². The Morgan fingerprint density at radius 2 is 2.00 bits per heavy atom. The van der Waals surface area contributed by atoms with Crippen LogP contribution in [0.2, 0.25) is 0 Å². The molecule has 1 N–H and O–H groups in total. The fourth-order valence-electron chi connectivity index (χ4n) is 2.04. The van der Waals surface area contributed by atoms with Gasteiger partial charge in [-0.05, 0) is 29.8 Å². The van der Waals surface area contributed by atoms with Crippen LogP contribution in [0.25, 0.3) is 0 Å². The Morgan fingerprint density at radius 1 is 1.35 bits per heavy atom. The minimum absolute atomic E-state index is 0.124. The number of nitrogens with zero attached hydrogens (tertiary/aromatic N) is 3. The molecule has 2 rings (SSSR count). The first-order valence-corrected chi connectivity index (χ1v) is 6.61. The Hall–Kier alpha value is -0.880. The van der Waals surface area contributed by atoms with E-state index in [1.807, 2.05) is 0 Å². The van der Waals surface area contributed by atoms with Crippen molar-refractivity contribution in [3.05, 3.63) is 21.2 Å². The van der Waals surface area contributed by atoms with Crippen LogP contribution in [0.1, 0.15) is 13.8 Å². The minimum Gasteiger partial charge on any atom is -0.353 e. The molecule has 2 heterocycles. The van der Waals surface area contributed by atoms with Crippen molar-refractivity contribution in [1.29, 1.82) is 0 Å². The summed E-state index contributed by atoms with van der Waals surface area (Å²) in [5, 5.41) is 0. The van der Waals surface area contributed by atoms with Gasteiger partial charge in [-0.25, -0.2) is 4.98 Å². The fraction of sp³-hybridized carbons (Fsp3) is 0.636. The second kappa shape index (κ2) is 5.18. The van der Waals surface area contributed by atoms with E-state index in [-0.39, 0.29) is 5.56 Å². The summed E-state index contributed by atoms with van der Waals surface area (Å²) in [6.07, 6.45) is 1.46. The molecule has 0 radical (unpaired) electrons. The number of H-pyrrole nitrogens is 1. The summed E-state index contributed by atoms with van der Waals surface area (Å²) in [6, 6.07) is 0.577. The molecule has 5 nitrogen and oxygen atoms in total. The molecule has 1 aromatic heterocycles. The summed E-state index contributed by atoms with van der Waals surface area (Å²) < 4.78 is 0.526. The monoisotopic (exact) mass is 300 g/mol. The normalized spacial score (nSPS) is 17.8. The topological polar surface area (TPSA) is 52.2 Å². The third-order valence-electron chi connectivity index (χ3n) is 3.12. The van der Waals surface area contributed by atoms with Crippen molar-refractivity contribution in [3.8, 4) is 0 Å². The molecule has 0 amide bonds. The number of hydrogen-bond donors (Lipinski definition) is 1. The smallest absolute Gasteiger partial charge is 0.267 e. The lowest BCUT2D eigenvalue weighted by Crippen LogP contribution is -2.49. The van der Waals surface area contributed by atoms with Gasteiger partial charge < -0.3 is 9.88 Å². The van der Waals surface area contributed by atoms with Crippen LogP contribution in [0.4, 0.5) is 5.82 Å². The molecule has 0 aliphatic carbocycles. The van der Waals surface area contributed by atoms with Gasteiger partial charge in [0.15, 0.2) is 0 Å². The van der Waals surface area contributed by atoms with E-state index >= 15 is 0 Å². The Balaban J connectivity index is 2.11. The largest absolute Gasteiger partial charge is 0.353 e. The number of piperazine rings is 1. The number of aromatic nitrogens is 2. The molecular formula is C11H17BrN4O. The van der Waals surface area contributed by atoms with Gasteiger partial charge in [0.2, 0.25) is 0 Å². The number of nitrogens with one attached hydrogen (secondary N) is 1. The zero-order valence-corrected chi connectivity index (χ0v) is 11.7. The summed E-state index contributed by atoms with van der Waals surface area (Å²) in [4.78, 5) is 22.8. The highest BCUT2D eigenvalue weighted by Crippen LogP contribution is 2.20. The zero-order valence-electron chi connectivity index (χ0n) is 10.1. The number of hydrogen-bond acceptors (Lipinski definition) is 4. The summed E-state index contributed by atoms with van der Waals surface area (Å²) in [5.41, 5.74) is -0.124. The number of rotatable bonds is 2. The first-order valence-electron chi connectivity index (χ1n) is 5.82. The van der Waals surface area contributed by atoms with Gasteiger partial charge in [-0.2, -0.15) is 0 Å². The van der Waals surface area contributed by atoms with Crippen molar-refractivity contribution in [3.63, 3.8) is 0 Å². The number of halogens is 1. The van der Waals surface area contributed by atoms with Crippen molar-refractivity contribution in [2.24, 2.45) is 0 Å². The molecule has 0 spiro atoms. The van der Waals surface area contributed by atoms with Crippen LogP contribution >= 0.6 is 15.9 Å². The van der Waals surface area contributed by atoms with Gasteiger partial charge in [0, 0.05) is 32.2 Å². The maximum absolute atomic E-state index is 11.5. The maximum atomic E-state index is 11.5. The van der Waals surface area contributed by atoms with Crippen LogP contribution in [-0.2, 0) is 0 Å². The molecule has 1 aliphatic rings. The van der Waals surface area contributed by atoms with E-state index in [9.17, 15) is 4.79 Å². The van der Waals surface area contributed by atoms with Gasteiger partial charge in [-0.1, -0.05) is 0 Å². The highest BCUT2D eigenvalue weighted by molar-refractivity contribution is 9.10. The zero-order chi connectivity index (χ0) is 12.4. The van der Waals surface area contributed by atoms with Gasteiger partial charge in [0.1, 0.15) is 10.3 Å². The van der Waals surface area contributed by atoms with Gasteiger partial charge in [-0.15, -0.1) is 0 Å². The van der Waals surface area contributed by atoms with Crippen LogP contribution < -0.4 is 10.5 Å². The average Bonchev–Trinajstić information content (AvgIpc) is 2.33. The standard InChI is InChI=1S/C11H17BrN4O/c1-8(2)15-3-5-16(6-4-15)10-9(12)11(17)14-7-13-10/h7-8H,3-6H2,1-2H3,(H,13,14,17). The van der Waals surface area contributed by atoms with Crippen molar-refractivity contribution in [2.45, 2.75) is 19.9 Å². The van der Waals surface area contributed by atoms with Crippen LogP contribution in [0, 0.1) is 0 Å². The van der Waals surface area contributed by atoms with Crippen LogP contribution in [0.15, 0.2) is 15.6 Å². The predicted molar refractivity (Wildman–Crippen MR) is 71.5 cm³/mol. The van der Waals surface area contributed by atoms with E-state index in [2.05, 4.69) is 49.5 Å². The first-order chi connectivity index (χ1) is 8.09. The Bertz CT molecular complexity index is 437. The summed E-state index contributed by atoms with van der Waals surface area (Å²) >= 11 is 3.30. The molecule has 1 aromatic rings. The average molecular weight is 301 g/mol. The quantitative estimate of drug-likeness (QED) is 0.887. The molecule has 1 aliphatic heterocycles. The fourth-order valence-corrected chi connectivity index (χ4v) is 2.51. The molecule has 0 saturated carbocycles. The number of anilines is 1. The van der Waals surface area contributed by atoms with Gasteiger partial charge in [-0.3, -0.25) is 9.69 Å². The van der Waals surface area contributed by atoms with E-state index in [4.69, 9.17) is 0 Å². The van der Waals surface area contributed by atoms with Gasteiger partial charge in [0.25, 0.3) is 5.56 Å². The molecule has 17 heavy (non-hydrogen) atoms. The lowest BCUT2D eigenvalue weighted by atomic mass is 10.2. The SMILES string of the molecule is CC(C)N1CCN(c2nc[nH]c(=O)c2Br)CC1. The van der Waals surface area contributed by atoms with Crippen LogP contribution in [-0.4, -0.2) is 47.1 Å². The van der Waals surface area contributed by atoms with E-state index in [1.165, 1.54) is 6.33 Å². The highest BCUT2D eigenvalue weighted by Gasteiger charge is 2.21. The molecule has 1 fully saturated rings. The Kier molecular flexibility index (Phi) is 3.83. The van der Waals surface area contributed by atoms with E-state index in [0.717, 1.165) is 32.0 Å². The van der Waals surface area contributed by atoms with Crippen LogP contribution in [0.5, 0.6) is 0 Å². The van der Waals surface area contributed by atoms with Crippen molar-refractivity contribution in [1.82, 2.24) is 14.9 Å². The molecule has 94 valence electrons. The molecule has 0 bridgehead atoms. The number of aromatic amines is 1. The third-order valence-corrected chi connectivity index (χ3v) is 3.84. The molecule has 0 atom stereocenters. The second-order valence-electron chi connectivity index (χ2n) is 4.49. The minimum atomic E-state index is -0.124. The molecule has 0 unspecified atom stereocenters. The van der Waals surface area contributed by atoms with Crippen LogP contribution in [0.3, 0.4) is 0 Å². The van der Waals surface area contributed by atoms with Gasteiger partial charge in [0.05, 0.1) is 6.33 Å². The van der Waals surface area contributed by atoms with E-state index in [1.54, 1.807) is 0 Å². The van der Waals surface area contributed by atoms with E-state index in [0.29, 0.717) is 10.5 Å². The summed E-state index contributed by atoms with van der Waals surface area (Å²) in [7, 11) is 0. The highest BCUT2D eigenvalue weighted by atomic mass is 79.9. The predicted octanol–water partition coefficient (Wildman–Crippen LogP) is 1.06. The lowest BCUT2D eigenvalue weighted by molar-refractivity contribution is 0.209. The van der Waals surface area contributed by atoms with Crippen molar-refractivity contribution >= 4 is 21.7 Å². The van der Waals surface area contributed by atoms with Crippen molar-refractivity contribution < 1.29 is 0 Å². The maximum Gasteiger partial charge on any atom is 0.267 e. The van der Waals surface area contributed by atoms with E-state index < -0.39 is 0 Å². The second-order valence-corrected chi connectivity index (χ2v) is 5.28. The first kappa shape index (κ1) is 12.6. The van der Waals surface area contributed by atoms with Crippen molar-refractivity contribution in [2.75, 3.05) is 31.1 Å². The summed E-state index contributed by atoms with van der Waals surface area (Å²) in [6.45, 7) is 8.26. The summed E-state index contributed by atoms with van der Waals surface area (Å²) in [5.74, 6) is 0.747. The Morgan fingerprint density at radius 3 is 2.59 bits per heavy atom. The Labute approximate surface area is 109 Å². The molecular weight excluding hydrogens is 284 g/mol. The molecule has 6 heteroatoms.